The van der Waals surface area contributed by atoms with E-state index in [1.54, 1.807) is 0 Å². The van der Waals surface area contributed by atoms with E-state index in [2.05, 4.69) is 5.32 Å². The minimum Gasteiger partial charge on any atom is -0.397 e. The number of hydrogen-bond donors (Lipinski definition) is 3. The van der Waals surface area contributed by atoms with Gasteiger partial charge in [0.15, 0.2) is 0 Å². The molecule has 1 aromatic carbocycles. The Labute approximate surface area is 113 Å². The maximum atomic E-state index is 11.5. The number of carbonyl (C=O) groups is 1. The molecule has 1 amide bonds. The first-order valence-electron chi connectivity index (χ1n) is 6.62. The van der Waals surface area contributed by atoms with Crippen molar-refractivity contribution in [2.45, 2.75) is 32.7 Å². The van der Waals surface area contributed by atoms with Crippen molar-refractivity contribution < 1.29 is 9.90 Å². The van der Waals surface area contributed by atoms with Crippen molar-refractivity contribution in [1.29, 1.82) is 0 Å². The van der Waals surface area contributed by atoms with Crippen LogP contribution in [0.4, 0.5) is 17.1 Å². The van der Waals surface area contributed by atoms with Gasteiger partial charge in [-0.05, 0) is 38.0 Å². The van der Waals surface area contributed by atoms with Gasteiger partial charge in [0.2, 0.25) is 5.91 Å². The van der Waals surface area contributed by atoms with E-state index < -0.39 is 0 Å². The molecule has 5 nitrogen and oxygen atoms in total. The summed E-state index contributed by atoms with van der Waals surface area (Å²) in [5.41, 5.74) is 9.58. The fourth-order valence-electron chi connectivity index (χ4n) is 2.45. The SMILES string of the molecule is CC(C)N(CCO)c1cc2c(cc1N)CCC(=O)N2. The van der Waals surface area contributed by atoms with Crippen LogP contribution in [0.25, 0.3) is 0 Å². The largest absolute Gasteiger partial charge is 0.397 e. The summed E-state index contributed by atoms with van der Waals surface area (Å²) in [6.07, 6.45) is 1.24. The Morgan fingerprint density at radius 2 is 2.16 bits per heavy atom. The maximum absolute atomic E-state index is 11.5. The van der Waals surface area contributed by atoms with E-state index in [-0.39, 0.29) is 18.6 Å². The number of aryl methyl sites for hydroxylation is 1. The molecule has 1 heterocycles. The Hall–Kier alpha value is -1.75. The Morgan fingerprint density at radius 3 is 2.79 bits per heavy atom. The zero-order chi connectivity index (χ0) is 14.0. The summed E-state index contributed by atoms with van der Waals surface area (Å²) in [5.74, 6) is 0.0430. The zero-order valence-electron chi connectivity index (χ0n) is 11.4. The lowest BCUT2D eigenvalue weighted by Crippen LogP contribution is -2.34. The van der Waals surface area contributed by atoms with Gasteiger partial charge >= 0.3 is 0 Å². The van der Waals surface area contributed by atoms with Gasteiger partial charge in [-0.1, -0.05) is 0 Å². The Balaban J connectivity index is 2.40. The number of rotatable bonds is 4. The lowest BCUT2D eigenvalue weighted by Gasteiger charge is -2.31. The number of hydrogen-bond acceptors (Lipinski definition) is 4. The van der Waals surface area contributed by atoms with Crippen LogP contribution >= 0.6 is 0 Å². The summed E-state index contributed by atoms with van der Waals surface area (Å²) in [6, 6.07) is 4.07. The van der Waals surface area contributed by atoms with Crippen LogP contribution in [-0.2, 0) is 11.2 Å². The third-order valence-electron chi connectivity index (χ3n) is 3.42. The number of anilines is 3. The summed E-state index contributed by atoms with van der Waals surface area (Å²) >= 11 is 0. The molecule has 104 valence electrons. The lowest BCUT2D eigenvalue weighted by molar-refractivity contribution is -0.116. The number of nitrogens with one attached hydrogen (secondary N) is 1. The molecule has 0 saturated carbocycles. The van der Waals surface area contributed by atoms with Gasteiger partial charge in [-0.25, -0.2) is 0 Å². The summed E-state index contributed by atoms with van der Waals surface area (Å²) in [7, 11) is 0. The van der Waals surface area contributed by atoms with Crippen LogP contribution in [0.1, 0.15) is 25.8 Å². The highest BCUT2D eigenvalue weighted by atomic mass is 16.3. The van der Waals surface area contributed by atoms with Gasteiger partial charge in [0, 0.05) is 24.7 Å². The first-order valence-corrected chi connectivity index (χ1v) is 6.62. The Kier molecular flexibility index (Phi) is 3.95. The van der Waals surface area contributed by atoms with Crippen LogP contribution in [0.2, 0.25) is 0 Å². The zero-order valence-corrected chi connectivity index (χ0v) is 11.4. The Morgan fingerprint density at radius 1 is 1.42 bits per heavy atom. The number of fused-ring (bicyclic) bond motifs is 1. The molecular formula is C14H21N3O2. The van der Waals surface area contributed by atoms with Crippen molar-refractivity contribution in [3.8, 4) is 0 Å². The van der Waals surface area contributed by atoms with Crippen LogP contribution in [0.15, 0.2) is 12.1 Å². The number of aliphatic hydroxyl groups excluding tert-OH is 1. The molecule has 0 saturated heterocycles. The standard InChI is InChI=1S/C14H21N3O2/c1-9(2)17(5-6-18)13-8-12-10(7-11(13)15)3-4-14(19)16-12/h7-9,18H,3-6,15H2,1-2H3,(H,16,19). The van der Waals surface area contributed by atoms with E-state index in [9.17, 15) is 4.79 Å². The smallest absolute Gasteiger partial charge is 0.224 e. The highest BCUT2D eigenvalue weighted by Gasteiger charge is 2.20. The van der Waals surface area contributed by atoms with Crippen molar-refractivity contribution in [3.05, 3.63) is 17.7 Å². The van der Waals surface area contributed by atoms with Gasteiger partial charge in [0.25, 0.3) is 0 Å². The summed E-state index contributed by atoms with van der Waals surface area (Å²) in [6.45, 7) is 4.69. The predicted molar refractivity (Wildman–Crippen MR) is 77.4 cm³/mol. The number of benzene rings is 1. The second-order valence-electron chi connectivity index (χ2n) is 5.13. The molecular weight excluding hydrogens is 242 g/mol. The summed E-state index contributed by atoms with van der Waals surface area (Å²) in [4.78, 5) is 13.5. The number of nitrogen functional groups attached to an aromatic ring is 1. The molecule has 4 N–H and O–H groups in total. The van der Waals surface area contributed by atoms with E-state index in [0.717, 1.165) is 23.4 Å². The van der Waals surface area contributed by atoms with Crippen molar-refractivity contribution in [1.82, 2.24) is 0 Å². The highest BCUT2D eigenvalue weighted by Crippen LogP contribution is 2.34. The van der Waals surface area contributed by atoms with Gasteiger partial charge in [-0.3, -0.25) is 4.79 Å². The predicted octanol–water partition coefficient (Wildman–Crippen LogP) is 1.36. The molecule has 0 aromatic heterocycles. The third kappa shape index (κ3) is 2.81. The van der Waals surface area contributed by atoms with Crippen LogP contribution in [0.3, 0.4) is 0 Å². The van der Waals surface area contributed by atoms with Crippen LogP contribution in [0, 0.1) is 0 Å². The Bertz CT molecular complexity index is 486. The molecule has 1 aliphatic rings. The molecule has 0 fully saturated rings. The topological polar surface area (TPSA) is 78.6 Å². The minimum absolute atomic E-state index is 0.0430. The van der Waals surface area contributed by atoms with Gasteiger partial charge < -0.3 is 21.1 Å². The molecule has 1 aromatic rings. The van der Waals surface area contributed by atoms with Gasteiger partial charge in [0.05, 0.1) is 18.0 Å². The van der Waals surface area contributed by atoms with Crippen molar-refractivity contribution in [2.75, 3.05) is 29.1 Å². The van der Waals surface area contributed by atoms with E-state index >= 15 is 0 Å². The van der Waals surface area contributed by atoms with Gasteiger partial charge in [-0.2, -0.15) is 0 Å². The second kappa shape index (κ2) is 5.48. The quantitative estimate of drug-likeness (QED) is 0.717. The fraction of sp³-hybridized carbons (Fsp3) is 0.500. The lowest BCUT2D eigenvalue weighted by atomic mass is 10.0. The monoisotopic (exact) mass is 263 g/mol. The second-order valence-corrected chi connectivity index (χ2v) is 5.13. The normalized spacial score (nSPS) is 14.2. The molecule has 19 heavy (non-hydrogen) atoms. The molecule has 0 spiro atoms. The summed E-state index contributed by atoms with van der Waals surface area (Å²) < 4.78 is 0. The number of nitrogens with two attached hydrogens (primary N) is 1. The molecule has 5 heteroatoms. The number of amides is 1. The van der Waals surface area contributed by atoms with Gasteiger partial charge in [0.1, 0.15) is 0 Å². The van der Waals surface area contributed by atoms with Crippen molar-refractivity contribution in [3.63, 3.8) is 0 Å². The van der Waals surface area contributed by atoms with Crippen molar-refractivity contribution in [2.24, 2.45) is 0 Å². The average molecular weight is 263 g/mol. The molecule has 0 aliphatic carbocycles. The first-order chi connectivity index (χ1) is 9.02. The van der Waals surface area contributed by atoms with Crippen LogP contribution in [0.5, 0.6) is 0 Å². The third-order valence-corrected chi connectivity index (χ3v) is 3.42. The number of aliphatic hydroxyl groups is 1. The summed E-state index contributed by atoms with van der Waals surface area (Å²) in [5, 5.41) is 12.0. The van der Waals surface area contributed by atoms with E-state index in [1.807, 2.05) is 30.9 Å². The minimum atomic E-state index is 0.0430. The molecule has 2 rings (SSSR count). The van der Waals surface area contributed by atoms with Crippen LogP contribution in [-0.4, -0.2) is 30.2 Å². The highest BCUT2D eigenvalue weighted by molar-refractivity contribution is 5.95. The van der Waals surface area contributed by atoms with Crippen molar-refractivity contribution >= 4 is 23.0 Å². The maximum Gasteiger partial charge on any atom is 0.224 e. The molecule has 0 bridgehead atoms. The fourth-order valence-corrected chi connectivity index (χ4v) is 2.45. The van der Waals surface area contributed by atoms with E-state index in [4.69, 9.17) is 10.8 Å². The van der Waals surface area contributed by atoms with Gasteiger partial charge in [-0.15, -0.1) is 0 Å². The number of carbonyl (C=O) groups excluding carboxylic acids is 1. The molecule has 1 aliphatic heterocycles. The van der Waals surface area contributed by atoms with Crippen LogP contribution < -0.4 is 16.0 Å². The molecule has 0 unspecified atom stereocenters. The molecule has 0 atom stereocenters. The average Bonchev–Trinajstić information content (AvgIpc) is 2.35. The first kappa shape index (κ1) is 13.7. The number of nitrogens with zero attached hydrogens (tertiary/aromatic N) is 1. The molecule has 0 radical (unpaired) electrons. The van der Waals surface area contributed by atoms with E-state index in [1.165, 1.54) is 0 Å². The van der Waals surface area contributed by atoms with E-state index in [0.29, 0.717) is 18.7 Å².